The minimum atomic E-state index is -0.560. The molecule has 0 aromatic carbocycles. The van der Waals surface area contributed by atoms with Gasteiger partial charge in [-0.15, -0.1) is 0 Å². The lowest BCUT2D eigenvalue weighted by Gasteiger charge is -2.37. The summed E-state index contributed by atoms with van der Waals surface area (Å²) in [7, 11) is 0. The van der Waals surface area contributed by atoms with Gasteiger partial charge in [0.05, 0.1) is 5.41 Å². The van der Waals surface area contributed by atoms with Crippen LogP contribution in [0.3, 0.4) is 0 Å². The molecule has 104 valence electrons. The van der Waals surface area contributed by atoms with Crippen molar-refractivity contribution in [3.05, 3.63) is 0 Å². The number of likely N-dealkylation sites (tertiary alicyclic amines) is 1. The lowest BCUT2D eigenvalue weighted by Crippen LogP contribution is -2.44. The number of piperidine rings is 1. The number of aliphatic carboxylic acids is 1. The first-order valence-corrected chi connectivity index (χ1v) is 7.62. The van der Waals surface area contributed by atoms with Gasteiger partial charge in [-0.2, -0.15) is 0 Å². The fourth-order valence-electron chi connectivity index (χ4n) is 3.76. The number of carbonyl (C=O) groups is 1. The molecule has 0 aromatic heterocycles. The van der Waals surface area contributed by atoms with Gasteiger partial charge in [-0.05, 0) is 44.7 Å². The molecule has 0 amide bonds. The van der Waals surface area contributed by atoms with Crippen LogP contribution >= 0.6 is 0 Å². The Hall–Kier alpha value is -0.570. The SMILES string of the molecule is CCCC1CCN(CC2(C(=O)O)CCCC2)CC1. The van der Waals surface area contributed by atoms with E-state index < -0.39 is 11.4 Å². The van der Waals surface area contributed by atoms with Crippen LogP contribution in [0.2, 0.25) is 0 Å². The average molecular weight is 253 g/mol. The molecule has 0 radical (unpaired) electrons. The highest BCUT2D eigenvalue weighted by Crippen LogP contribution is 2.39. The maximum absolute atomic E-state index is 11.5. The van der Waals surface area contributed by atoms with E-state index in [1.165, 1.54) is 25.7 Å². The Labute approximate surface area is 111 Å². The van der Waals surface area contributed by atoms with Crippen molar-refractivity contribution in [2.75, 3.05) is 19.6 Å². The van der Waals surface area contributed by atoms with Crippen molar-refractivity contribution in [1.82, 2.24) is 4.90 Å². The molecular formula is C15H27NO2. The summed E-state index contributed by atoms with van der Waals surface area (Å²) in [4.78, 5) is 13.9. The van der Waals surface area contributed by atoms with Gasteiger partial charge in [0.25, 0.3) is 0 Å². The topological polar surface area (TPSA) is 40.5 Å². The molecule has 0 bridgehead atoms. The minimum absolute atomic E-state index is 0.419. The first-order valence-electron chi connectivity index (χ1n) is 7.62. The van der Waals surface area contributed by atoms with Crippen molar-refractivity contribution < 1.29 is 9.90 Å². The second-order valence-corrected chi connectivity index (χ2v) is 6.30. The molecule has 0 spiro atoms. The van der Waals surface area contributed by atoms with Gasteiger partial charge in [0.15, 0.2) is 0 Å². The highest BCUT2D eigenvalue weighted by atomic mass is 16.4. The molecule has 2 rings (SSSR count). The van der Waals surface area contributed by atoms with E-state index in [-0.39, 0.29) is 0 Å². The quantitative estimate of drug-likeness (QED) is 0.818. The summed E-state index contributed by atoms with van der Waals surface area (Å²) in [5.74, 6) is 0.325. The van der Waals surface area contributed by atoms with Crippen molar-refractivity contribution in [3.8, 4) is 0 Å². The number of hydrogen-bond acceptors (Lipinski definition) is 2. The summed E-state index contributed by atoms with van der Waals surface area (Å²) in [5.41, 5.74) is -0.419. The molecule has 1 saturated heterocycles. The van der Waals surface area contributed by atoms with Gasteiger partial charge >= 0.3 is 5.97 Å². The van der Waals surface area contributed by atoms with E-state index in [2.05, 4.69) is 11.8 Å². The van der Waals surface area contributed by atoms with E-state index in [1.807, 2.05) is 0 Å². The number of carboxylic acid groups (broad SMARTS) is 1. The predicted octanol–water partition coefficient (Wildman–Crippen LogP) is 3.14. The second-order valence-electron chi connectivity index (χ2n) is 6.30. The van der Waals surface area contributed by atoms with Gasteiger partial charge < -0.3 is 10.0 Å². The van der Waals surface area contributed by atoms with Gasteiger partial charge in [0.2, 0.25) is 0 Å². The standard InChI is InChI=1S/C15H27NO2/c1-2-5-13-6-10-16(11-7-13)12-15(14(17)18)8-3-4-9-15/h13H,2-12H2,1H3,(H,17,18). The monoisotopic (exact) mass is 253 g/mol. The van der Waals surface area contributed by atoms with E-state index in [9.17, 15) is 9.90 Å². The van der Waals surface area contributed by atoms with Gasteiger partial charge in [0, 0.05) is 6.54 Å². The third-order valence-corrected chi connectivity index (χ3v) is 4.94. The van der Waals surface area contributed by atoms with Crippen LogP contribution < -0.4 is 0 Å². The Morgan fingerprint density at radius 3 is 2.39 bits per heavy atom. The van der Waals surface area contributed by atoms with Crippen LogP contribution in [0.25, 0.3) is 0 Å². The van der Waals surface area contributed by atoms with Crippen LogP contribution in [-0.2, 0) is 4.79 Å². The third-order valence-electron chi connectivity index (χ3n) is 4.94. The number of carboxylic acids is 1. The van der Waals surface area contributed by atoms with Gasteiger partial charge in [-0.1, -0.05) is 32.6 Å². The first-order chi connectivity index (χ1) is 8.66. The predicted molar refractivity (Wildman–Crippen MR) is 72.6 cm³/mol. The zero-order valence-corrected chi connectivity index (χ0v) is 11.7. The molecule has 0 atom stereocenters. The summed E-state index contributed by atoms with van der Waals surface area (Å²) < 4.78 is 0. The number of nitrogens with zero attached hydrogens (tertiary/aromatic N) is 1. The molecule has 1 aliphatic heterocycles. The molecular weight excluding hydrogens is 226 g/mol. The summed E-state index contributed by atoms with van der Waals surface area (Å²) in [5, 5.41) is 9.50. The zero-order chi connectivity index (χ0) is 13.0. The highest BCUT2D eigenvalue weighted by Gasteiger charge is 2.42. The highest BCUT2D eigenvalue weighted by molar-refractivity contribution is 5.75. The fraction of sp³-hybridized carbons (Fsp3) is 0.933. The van der Waals surface area contributed by atoms with Gasteiger partial charge in [-0.3, -0.25) is 4.79 Å². The van der Waals surface area contributed by atoms with Gasteiger partial charge in [-0.25, -0.2) is 0 Å². The van der Waals surface area contributed by atoms with Gasteiger partial charge in [0.1, 0.15) is 0 Å². The van der Waals surface area contributed by atoms with E-state index >= 15 is 0 Å². The maximum Gasteiger partial charge on any atom is 0.310 e. The number of hydrogen-bond donors (Lipinski definition) is 1. The van der Waals surface area contributed by atoms with Crippen molar-refractivity contribution in [2.45, 2.75) is 58.3 Å². The fourth-order valence-corrected chi connectivity index (χ4v) is 3.76. The van der Waals surface area contributed by atoms with Crippen LogP contribution in [0.4, 0.5) is 0 Å². The molecule has 1 aliphatic carbocycles. The Kier molecular flexibility index (Phi) is 4.66. The molecule has 1 heterocycles. The van der Waals surface area contributed by atoms with E-state index in [0.29, 0.717) is 0 Å². The zero-order valence-electron chi connectivity index (χ0n) is 11.7. The Morgan fingerprint density at radius 2 is 1.89 bits per heavy atom. The van der Waals surface area contributed by atoms with Crippen molar-refractivity contribution in [3.63, 3.8) is 0 Å². The lowest BCUT2D eigenvalue weighted by molar-refractivity contribution is -0.150. The molecule has 0 unspecified atom stereocenters. The van der Waals surface area contributed by atoms with E-state index in [0.717, 1.165) is 51.2 Å². The van der Waals surface area contributed by atoms with E-state index in [1.54, 1.807) is 0 Å². The Morgan fingerprint density at radius 1 is 1.28 bits per heavy atom. The van der Waals surface area contributed by atoms with Crippen LogP contribution in [0.15, 0.2) is 0 Å². The molecule has 2 aliphatic rings. The van der Waals surface area contributed by atoms with Crippen LogP contribution in [0.1, 0.15) is 58.3 Å². The summed E-state index contributed by atoms with van der Waals surface area (Å²) in [6, 6.07) is 0. The maximum atomic E-state index is 11.5. The molecule has 18 heavy (non-hydrogen) atoms. The molecule has 3 nitrogen and oxygen atoms in total. The van der Waals surface area contributed by atoms with Crippen LogP contribution in [0, 0.1) is 11.3 Å². The molecule has 2 fully saturated rings. The molecule has 3 heteroatoms. The molecule has 0 aromatic rings. The summed E-state index contributed by atoms with van der Waals surface area (Å²) in [6.07, 6.45) is 9.13. The van der Waals surface area contributed by atoms with Crippen LogP contribution in [0.5, 0.6) is 0 Å². The largest absolute Gasteiger partial charge is 0.481 e. The molecule has 1 N–H and O–H groups in total. The van der Waals surface area contributed by atoms with Crippen LogP contribution in [-0.4, -0.2) is 35.6 Å². The first kappa shape index (κ1) is 13.9. The summed E-state index contributed by atoms with van der Waals surface area (Å²) >= 11 is 0. The minimum Gasteiger partial charge on any atom is -0.481 e. The number of rotatable bonds is 5. The summed E-state index contributed by atoms with van der Waals surface area (Å²) in [6.45, 7) is 5.27. The van der Waals surface area contributed by atoms with Crippen molar-refractivity contribution in [1.29, 1.82) is 0 Å². The molecule has 1 saturated carbocycles. The third kappa shape index (κ3) is 3.05. The average Bonchev–Trinajstić information content (AvgIpc) is 2.82. The van der Waals surface area contributed by atoms with Crippen molar-refractivity contribution in [2.24, 2.45) is 11.3 Å². The lowest BCUT2D eigenvalue weighted by atomic mass is 9.84. The Balaban J connectivity index is 1.85. The van der Waals surface area contributed by atoms with Crippen molar-refractivity contribution >= 4 is 5.97 Å². The van der Waals surface area contributed by atoms with E-state index in [4.69, 9.17) is 0 Å². The Bertz CT molecular complexity index is 276. The normalized spacial score (nSPS) is 25.4. The second kappa shape index (κ2) is 6.05. The smallest absolute Gasteiger partial charge is 0.310 e.